The molecule has 10 heteroatoms. The molecule has 0 saturated heterocycles. The average Bonchev–Trinajstić information content (AvgIpc) is 2.78. The Hall–Kier alpha value is -4.18. The lowest BCUT2D eigenvalue weighted by atomic mass is 10.2. The van der Waals surface area contributed by atoms with Gasteiger partial charge in [-0.05, 0) is 42.8 Å². The summed E-state index contributed by atoms with van der Waals surface area (Å²) in [4.78, 5) is 27.5. The zero-order valence-corrected chi connectivity index (χ0v) is 19.5. The van der Waals surface area contributed by atoms with Crippen molar-refractivity contribution < 1.29 is 22.7 Å². The Balaban J connectivity index is 1.77. The number of carbonyl (C=O) groups is 2. The van der Waals surface area contributed by atoms with Gasteiger partial charge in [0.05, 0.1) is 16.9 Å². The summed E-state index contributed by atoms with van der Waals surface area (Å²) in [5.41, 5.74) is 1.52. The van der Waals surface area contributed by atoms with Crippen LogP contribution >= 0.6 is 0 Å². The largest absolute Gasteiger partial charge is 0.439 e. The number of carbonyl (C=O) groups excluding carboxylic acids is 2. The molecule has 0 fully saturated rings. The Labute approximate surface area is 197 Å². The fourth-order valence-corrected chi connectivity index (χ4v) is 4.24. The highest BCUT2D eigenvalue weighted by molar-refractivity contribution is 7.92. The van der Waals surface area contributed by atoms with Crippen LogP contribution in [0.1, 0.15) is 22.8 Å². The number of ether oxygens (including phenoxy) is 1. The average molecular weight is 481 g/mol. The van der Waals surface area contributed by atoms with Crippen molar-refractivity contribution in [1.29, 1.82) is 0 Å². The molecule has 0 aliphatic carbocycles. The predicted molar refractivity (Wildman–Crippen MR) is 130 cm³/mol. The van der Waals surface area contributed by atoms with E-state index < -0.39 is 10.0 Å². The van der Waals surface area contributed by atoms with Gasteiger partial charge >= 0.3 is 0 Å². The summed E-state index contributed by atoms with van der Waals surface area (Å²) in [7, 11) is -4.01. The molecule has 3 rings (SSSR count). The van der Waals surface area contributed by atoms with Crippen LogP contribution in [-0.2, 0) is 14.8 Å². The number of aromatic nitrogens is 1. The molecule has 176 valence electrons. The number of hydrogen-bond acceptors (Lipinski definition) is 6. The summed E-state index contributed by atoms with van der Waals surface area (Å²) in [5.74, 6) is -0.104. The van der Waals surface area contributed by atoms with Crippen LogP contribution in [0.2, 0.25) is 0 Å². The summed E-state index contributed by atoms with van der Waals surface area (Å²) < 4.78 is 34.3. The highest BCUT2D eigenvalue weighted by Gasteiger charge is 2.20. The van der Waals surface area contributed by atoms with E-state index in [0.717, 1.165) is 5.56 Å². The maximum absolute atomic E-state index is 13.0. The van der Waals surface area contributed by atoms with Crippen LogP contribution in [0, 0.1) is 6.92 Å². The molecule has 9 nitrogen and oxygen atoms in total. The minimum absolute atomic E-state index is 0.0546. The fourth-order valence-electron chi connectivity index (χ4n) is 2.94. The second-order valence-corrected chi connectivity index (χ2v) is 8.95. The summed E-state index contributed by atoms with van der Waals surface area (Å²) in [6.07, 6.45) is 2.95. The third kappa shape index (κ3) is 6.42. The summed E-state index contributed by atoms with van der Waals surface area (Å²) in [6.45, 7) is 6.95. The first-order valence-electron chi connectivity index (χ1n) is 10.2. The molecule has 0 atom stereocenters. The van der Waals surface area contributed by atoms with Gasteiger partial charge in [0.15, 0.2) is 0 Å². The minimum atomic E-state index is -4.01. The van der Waals surface area contributed by atoms with Gasteiger partial charge in [0.1, 0.15) is 10.6 Å². The second-order valence-electron chi connectivity index (χ2n) is 7.30. The van der Waals surface area contributed by atoms with Gasteiger partial charge in [-0.15, -0.1) is 6.58 Å². The van der Waals surface area contributed by atoms with Crippen molar-refractivity contribution in [3.8, 4) is 11.6 Å². The monoisotopic (exact) mass is 480 g/mol. The Morgan fingerprint density at radius 3 is 2.59 bits per heavy atom. The smallest absolute Gasteiger partial charge is 0.263 e. The van der Waals surface area contributed by atoms with Crippen LogP contribution in [0.3, 0.4) is 0 Å². The maximum atomic E-state index is 13.0. The minimum Gasteiger partial charge on any atom is -0.439 e. The number of amides is 2. The van der Waals surface area contributed by atoms with E-state index in [0.29, 0.717) is 17.9 Å². The van der Waals surface area contributed by atoms with Gasteiger partial charge in [-0.1, -0.05) is 18.2 Å². The molecule has 2 aromatic carbocycles. The standard InChI is InChI=1S/C24H24N4O5S/c1-4-12-25-24(30)18-9-11-23(26-15-18)33-20-7-5-6-19(14-20)28-34(31,32)22-13-16(2)8-10-21(22)27-17(3)29/h4-11,13-15,28H,1,12H2,2-3H3,(H,25,30)(H,27,29). The van der Waals surface area contributed by atoms with E-state index >= 15 is 0 Å². The predicted octanol–water partition coefficient (Wildman–Crippen LogP) is 3.86. The molecule has 34 heavy (non-hydrogen) atoms. The first-order valence-corrected chi connectivity index (χ1v) is 11.7. The highest BCUT2D eigenvalue weighted by atomic mass is 32.2. The number of aryl methyl sites for hydroxylation is 1. The Kier molecular flexibility index (Phi) is 7.64. The van der Waals surface area contributed by atoms with Crippen molar-refractivity contribution in [2.45, 2.75) is 18.7 Å². The molecule has 1 aromatic heterocycles. The number of anilines is 2. The maximum Gasteiger partial charge on any atom is 0.263 e. The van der Waals surface area contributed by atoms with Crippen LogP contribution in [0.5, 0.6) is 11.6 Å². The van der Waals surface area contributed by atoms with Crippen molar-refractivity contribution in [3.05, 3.63) is 84.6 Å². The van der Waals surface area contributed by atoms with E-state index in [1.807, 2.05) is 0 Å². The second kappa shape index (κ2) is 10.6. The number of pyridine rings is 1. The summed E-state index contributed by atoms with van der Waals surface area (Å²) in [6, 6.07) is 14.1. The molecular formula is C24H24N4O5S. The SMILES string of the molecule is C=CCNC(=O)c1ccc(Oc2cccc(NS(=O)(=O)c3cc(C)ccc3NC(C)=O)c2)nc1. The van der Waals surface area contributed by atoms with Gasteiger partial charge in [0, 0.05) is 31.8 Å². The number of nitrogens with zero attached hydrogens (tertiary/aromatic N) is 1. The number of nitrogens with one attached hydrogen (secondary N) is 3. The molecule has 0 aliphatic heterocycles. The zero-order valence-electron chi connectivity index (χ0n) is 18.7. The van der Waals surface area contributed by atoms with E-state index in [1.165, 1.54) is 37.4 Å². The van der Waals surface area contributed by atoms with Crippen molar-refractivity contribution >= 4 is 33.2 Å². The first kappa shape index (κ1) is 24.5. The van der Waals surface area contributed by atoms with E-state index in [-0.39, 0.29) is 34.0 Å². The number of hydrogen-bond donors (Lipinski definition) is 3. The van der Waals surface area contributed by atoms with E-state index in [9.17, 15) is 18.0 Å². The van der Waals surface area contributed by atoms with Crippen molar-refractivity contribution in [3.63, 3.8) is 0 Å². The van der Waals surface area contributed by atoms with Gasteiger partial charge in [-0.25, -0.2) is 13.4 Å². The van der Waals surface area contributed by atoms with Gasteiger partial charge < -0.3 is 15.4 Å². The van der Waals surface area contributed by atoms with Crippen molar-refractivity contribution in [1.82, 2.24) is 10.3 Å². The third-order valence-electron chi connectivity index (χ3n) is 4.45. The molecule has 0 saturated carbocycles. The van der Waals surface area contributed by atoms with Gasteiger partial charge in [-0.3, -0.25) is 14.3 Å². The molecule has 0 unspecified atom stereocenters. The van der Waals surface area contributed by atoms with Crippen molar-refractivity contribution in [2.24, 2.45) is 0 Å². The summed E-state index contributed by atoms with van der Waals surface area (Å²) >= 11 is 0. The molecular weight excluding hydrogens is 456 g/mol. The third-order valence-corrected chi connectivity index (χ3v) is 5.87. The Morgan fingerprint density at radius 1 is 1.12 bits per heavy atom. The molecule has 3 N–H and O–H groups in total. The molecule has 0 radical (unpaired) electrons. The molecule has 3 aromatic rings. The number of benzene rings is 2. The lowest BCUT2D eigenvalue weighted by Crippen LogP contribution is -2.23. The zero-order chi connectivity index (χ0) is 24.7. The van der Waals surface area contributed by atoms with Crippen LogP contribution in [0.4, 0.5) is 11.4 Å². The van der Waals surface area contributed by atoms with E-state index in [1.54, 1.807) is 43.3 Å². The van der Waals surface area contributed by atoms with Gasteiger partial charge in [-0.2, -0.15) is 0 Å². The summed E-state index contributed by atoms with van der Waals surface area (Å²) in [5, 5.41) is 5.19. The first-order chi connectivity index (χ1) is 16.2. The topological polar surface area (TPSA) is 126 Å². The molecule has 0 aliphatic rings. The fraction of sp³-hybridized carbons (Fsp3) is 0.125. The lowest BCUT2D eigenvalue weighted by molar-refractivity contribution is -0.114. The van der Waals surface area contributed by atoms with E-state index in [2.05, 4.69) is 26.9 Å². The van der Waals surface area contributed by atoms with E-state index in [4.69, 9.17) is 4.74 Å². The number of sulfonamides is 1. The highest BCUT2D eigenvalue weighted by Crippen LogP contribution is 2.28. The van der Waals surface area contributed by atoms with Crippen molar-refractivity contribution in [2.75, 3.05) is 16.6 Å². The van der Waals surface area contributed by atoms with Crippen LogP contribution < -0.4 is 20.1 Å². The van der Waals surface area contributed by atoms with Crippen LogP contribution in [0.15, 0.2) is 78.3 Å². The lowest BCUT2D eigenvalue weighted by Gasteiger charge is -2.14. The molecule has 0 bridgehead atoms. The molecule has 0 spiro atoms. The van der Waals surface area contributed by atoms with Crippen LogP contribution in [-0.4, -0.2) is 31.8 Å². The normalized spacial score (nSPS) is 10.8. The Bertz CT molecular complexity index is 1320. The molecule has 1 heterocycles. The molecule has 2 amide bonds. The number of rotatable bonds is 9. The van der Waals surface area contributed by atoms with Gasteiger partial charge in [0.25, 0.3) is 15.9 Å². The van der Waals surface area contributed by atoms with Crippen LogP contribution in [0.25, 0.3) is 0 Å². The van der Waals surface area contributed by atoms with Gasteiger partial charge in [0.2, 0.25) is 11.8 Å². The Morgan fingerprint density at radius 2 is 1.91 bits per heavy atom. The quantitative estimate of drug-likeness (QED) is 0.399.